The molecule has 2 aliphatic carbocycles. The predicted octanol–water partition coefficient (Wildman–Crippen LogP) is 6.20. The fourth-order valence-electron chi connectivity index (χ4n) is 4.85. The summed E-state index contributed by atoms with van der Waals surface area (Å²) in [6, 6.07) is 4.93. The van der Waals surface area contributed by atoms with E-state index in [9.17, 15) is 15.3 Å². The van der Waals surface area contributed by atoms with Crippen LogP contribution in [0.25, 0.3) is 0 Å². The molecular weight excluding hydrogens is 324 g/mol. The van der Waals surface area contributed by atoms with Gasteiger partial charge in [0.2, 0.25) is 0 Å². The first kappa shape index (κ1) is 18.9. The van der Waals surface area contributed by atoms with Crippen molar-refractivity contribution < 1.29 is 15.3 Å². The Kier molecular flexibility index (Phi) is 6.29. The van der Waals surface area contributed by atoms with Crippen molar-refractivity contribution in [1.82, 2.24) is 0 Å². The number of hydrogen-bond donors (Lipinski definition) is 3. The van der Waals surface area contributed by atoms with E-state index in [1.54, 1.807) is 12.1 Å². The van der Waals surface area contributed by atoms with Gasteiger partial charge in [0.1, 0.15) is 17.3 Å². The predicted molar refractivity (Wildman–Crippen MR) is 105 cm³/mol. The molecule has 1 saturated carbocycles. The molecule has 3 nitrogen and oxygen atoms in total. The number of phenolic OH excluding ortho intramolecular Hbond substituents is 2. The molecule has 3 rings (SSSR count). The molecule has 1 aromatic rings. The number of phenols is 2. The average molecular weight is 357 g/mol. The van der Waals surface area contributed by atoms with Gasteiger partial charge in [0.25, 0.3) is 0 Å². The molecule has 0 aromatic heterocycles. The van der Waals surface area contributed by atoms with E-state index in [1.807, 2.05) is 18.2 Å². The second-order valence-corrected chi connectivity index (χ2v) is 8.07. The van der Waals surface area contributed by atoms with Gasteiger partial charge in [-0.3, -0.25) is 0 Å². The van der Waals surface area contributed by atoms with Gasteiger partial charge in [-0.05, 0) is 48.5 Å². The van der Waals surface area contributed by atoms with Crippen LogP contribution in [0.5, 0.6) is 11.5 Å². The Bertz CT molecular complexity index is 653. The monoisotopic (exact) mass is 356 g/mol. The van der Waals surface area contributed by atoms with Gasteiger partial charge in [-0.15, -0.1) is 0 Å². The van der Waals surface area contributed by atoms with E-state index in [1.165, 1.54) is 57.4 Å². The third kappa shape index (κ3) is 4.44. The van der Waals surface area contributed by atoms with Crippen molar-refractivity contribution >= 4 is 0 Å². The Morgan fingerprint density at radius 1 is 1.04 bits per heavy atom. The zero-order chi connectivity index (χ0) is 18.5. The van der Waals surface area contributed by atoms with Crippen molar-refractivity contribution in [3.63, 3.8) is 0 Å². The highest BCUT2D eigenvalue weighted by Crippen LogP contribution is 2.47. The Morgan fingerprint density at radius 2 is 1.81 bits per heavy atom. The smallest absolute Gasteiger partial charge is 0.122 e. The van der Waals surface area contributed by atoms with Gasteiger partial charge >= 0.3 is 0 Å². The van der Waals surface area contributed by atoms with E-state index >= 15 is 0 Å². The molecule has 142 valence electrons. The highest BCUT2D eigenvalue weighted by Gasteiger charge is 2.34. The molecule has 0 spiro atoms. The molecule has 0 amide bonds. The van der Waals surface area contributed by atoms with Gasteiger partial charge < -0.3 is 15.3 Å². The Hall–Kier alpha value is -1.90. The van der Waals surface area contributed by atoms with E-state index in [0.717, 1.165) is 11.5 Å². The number of aliphatic hydroxyl groups excluding tert-OH is 1. The van der Waals surface area contributed by atoms with Crippen molar-refractivity contribution in [1.29, 1.82) is 0 Å². The van der Waals surface area contributed by atoms with Crippen LogP contribution in [0.15, 0.2) is 42.2 Å². The molecule has 3 N–H and O–H groups in total. The molecule has 0 saturated heterocycles. The van der Waals surface area contributed by atoms with Gasteiger partial charge in [-0.1, -0.05) is 57.6 Å². The largest absolute Gasteiger partial charge is 0.508 e. The number of aromatic hydroxyl groups is 2. The lowest BCUT2D eigenvalue weighted by atomic mass is 9.68. The first-order valence-electron chi connectivity index (χ1n) is 10.2. The number of rotatable bonds is 7. The molecule has 0 radical (unpaired) electrons. The highest BCUT2D eigenvalue weighted by atomic mass is 16.3. The van der Waals surface area contributed by atoms with Crippen LogP contribution in [0.3, 0.4) is 0 Å². The summed E-state index contributed by atoms with van der Waals surface area (Å²) in [6.07, 6.45) is 15.8. The number of aliphatic hydroxyl groups is 1. The molecule has 1 fully saturated rings. The first-order valence-corrected chi connectivity index (χ1v) is 10.2. The third-order valence-corrected chi connectivity index (χ3v) is 6.26. The molecule has 0 bridgehead atoms. The minimum atomic E-state index is 0.0879. The fourth-order valence-corrected chi connectivity index (χ4v) is 4.85. The second kappa shape index (κ2) is 8.66. The summed E-state index contributed by atoms with van der Waals surface area (Å²) >= 11 is 0. The number of hydrogen-bond acceptors (Lipinski definition) is 3. The highest BCUT2D eigenvalue weighted by molar-refractivity contribution is 5.43. The van der Waals surface area contributed by atoms with E-state index in [4.69, 9.17) is 0 Å². The van der Waals surface area contributed by atoms with E-state index in [2.05, 4.69) is 6.92 Å². The SMILES string of the molecule is CCCCCC1CCC(C(c2ccc(O)cc2O)C2C=CC(O)=C2)CC1. The topological polar surface area (TPSA) is 60.7 Å². The minimum Gasteiger partial charge on any atom is -0.508 e. The molecule has 2 unspecified atom stereocenters. The van der Waals surface area contributed by atoms with Gasteiger partial charge in [0.05, 0.1) is 0 Å². The Morgan fingerprint density at radius 3 is 2.42 bits per heavy atom. The average Bonchev–Trinajstić information content (AvgIpc) is 3.04. The zero-order valence-corrected chi connectivity index (χ0v) is 15.8. The van der Waals surface area contributed by atoms with E-state index < -0.39 is 0 Å². The molecule has 26 heavy (non-hydrogen) atoms. The molecule has 3 heteroatoms. The molecule has 2 atom stereocenters. The molecule has 1 aromatic carbocycles. The summed E-state index contributed by atoms with van der Waals surface area (Å²) in [4.78, 5) is 0. The second-order valence-electron chi connectivity index (χ2n) is 8.07. The van der Waals surface area contributed by atoms with Crippen molar-refractivity contribution in [2.45, 2.75) is 64.2 Å². The molecule has 2 aliphatic rings. The van der Waals surface area contributed by atoms with Crippen LogP contribution in [0.1, 0.15) is 69.8 Å². The first-order chi connectivity index (χ1) is 12.6. The van der Waals surface area contributed by atoms with Crippen LogP contribution >= 0.6 is 0 Å². The lowest BCUT2D eigenvalue weighted by Crippen LogP contribution is -2.24. The normalized spacial score (nSPS) is 26.7. The Balaban J connectivity index is 1.74. The molecular formula is C23H32O3. The Labute approximate surface area is 157 Å². The zero-order valence-electron chi connectivity index (χ0n) is 15.8. The van der Waals surface area contributed by atoms with E-state index in [0.29, 0.717) is 11.7 Å². The molecule has 0 heterocycles. The van der Waals surface area contributed by atoms with Gasteiger partial charge in [0.15, 0.2) is 0 Å². The summed E-state index contributed by atoms with van der Waals surface area (Å²) in [7, 11) is 0. The van der Waals surface area contributed by atoms with Gasteiger partial charge in [0, 0.05) is 17.9 Å². The van der Waals surface area contributed by atoms with Crippen LogP contribution < -0.4 is 0 Å². The third-order valence-electron chi connectivity index (χ3n) is 6.26. The quantitative estimate of drug-likeness (QED) is 0.510. The van der Waals surface area contributed by atoms with Crippen molar-refractivity contribution in [2.24, 2.45) is 17.8 Å². The van der Waals surface area contributed by atoms with Crippen LogP contribution in [0.4, 0.5) is 0 Å². The maximum atomic E-state index is 10.4. The summed E-state index contributed by atoms with van der Waals surface area (Å²) in [5, 5.41) is 29.9. The van der Waals surface area contributed by atoms with Crippen LogP contribution in [0.2, 0.25) is 0 Å². The maximum absolute atomic E-state index is 10.4. The fraction of sp³-hybridized carbons (Fsp3) is 0.565. The van der Waals surface area contributed by atoms with Crippen molar-refractivity contribution in [3.05, 3.63) is 47.7 Å². The van der Waals surface area contributed by atoms with Crippen LogP contribution in [-0.2, 0) is 0 Å². The van der Waals surface area contributed by atoms with Gasteiger partial charge in [-0.25, -0.2) is 0 Å². The number of allylic oxidation sites excluding steroid dienone is 3. The molecule has 0 aliphatic heterocycles. The summed E-state index contributed by atoms with van der Waals surface area (Å²) in [6.45, 7) is 2.25. The van der Waals surface area contributed by atoms with Crippen molar-refractivity contribution in [3.8, 4) is 11.5 Å². The summed E-state index contributed by atoms with van der Waals surface area (Å²) in [5.74, 6) is 2.14. The van der Waals surface area contributed by atoms with E-state index in [-0.39, 0.29) is 23.3 Å². The van der Waals surface area contributed by atoms with Gasteiger partial charge in [-0.2, -0.15) is 0 Å². The standard InChI is InChI=1S/C23H32O3/c1-2-3-4-5-16-6-8-17(9-7-16)23(18-10-11-19(24)14-18)21-13-12-20(25)15-22(21)26/h10-18,23-26H,2-9H2,1H3. The van der Waals surface area contributed by atoms with Crippen LogP contribution in [-0.4, -0.2) is 15.3 Å². The summed E-state index contributed by atoms with van der Waals surface area (Å²) in [5.41, 5.74) is 0.887. The van der Waals surface area contributed by atoms with Crippen molar-refractivity contribution in [2.75, 3.05) is 0 Å². The summed E-state index contributed by atoms with van der Waals surface area (Å²) < 4.78 is 0. The minimum absolute atomic E-state index is 0.0879. The lowest BCUT2D eigenvalue weighted by Gasteiger charge is -2.36. The lowest BCUT2D eigenvalue weighted by molar-refractivity contribution is 0.216. The maximum Gasteiger partial charge on any atom is 0.122 e. The number of benzene rings is 1. The van der Waals surface area contributed by atoms with Crippen LogP contribution in [0, 0.1) is 17.8 Å². The number of unbranched alkanes of at least 4 members (excludes halogenated alkanes) is 2.